The first-order valence-electron chi connectivity index (χ1n) is 8.23. The van der Waals surface area contributed by atoms with E-state index in [1.54, 1.807) is 29.1 Å². The molecule has 0 aliphatic rings. The monoisotopic (exact) mass is 451 g/mol. The normalized spacial score (nSPS) is 12.1. The van der Waals surface area contributed by atoms with Crippen molar-refractivity contribution in [1.82, 2.24) is 25.1 Å². The smallest absolute Gasteiger partial charge is 0.329 e. The zero-order valence-corrected chi connectivity index (χ0v) is 16.3. The van der Waals surface area contributed by atoms with Gasteiger partial charge in [-0.15, -0.1) is 0 Å². The van der Waals surface area contributed by atoms with Crippen molar-refractivity contribution in [2.75, 3.05) is 0 Å². The summed E-state index contributed by atoms with van der Waals surface area (Å²) in [5, 5.41) is 12.4. The molecule has 0 spiro atoms. The first kappa shape index (κ1) is 18.6. The third-order valence-corrected chi connectivity index (χ3v) is 5.25. The van der Waals surface area contributed by atoms with E-state index in [-0.39, 0.29) is 5.82 Å². The Morgan fingerprint density at radius 1 is 1.07 bits per heavy atom. The molecule has 144 valence electrons. The van der Waals surface area contributed by atoms with Gasteiger partial charge in [0.1, 0.15) is 11.0 Å². The average molecular weight is 452 g/mol. The Morgan fingerprint density at radius 2 is 1.79 bits per heavy atom. The van der Waals surface area contributed by atoms with E-state index in [0.29, 0.717) is 12.1 Å². The quantitative estimate of drug-likeness (QED) is 0.441. The lowest BCUT2D eigenvalue weighted by atomic mass is 10.1. The van der Waals surface area contributed by atoms with Gasteiger partial charge in [0.2, 0.25) is 5.82 Å². The molecule has 0 saturated carbocycles. The van der Waals surface area contributed by atoms with Gasteiger partial charge in [-0.25, -0.2) is 0 Å². The van der Waals surface area contributed by atoms with Crippen molar-refractivity contribution in [3.8, 4) is 11.4 Å². The summed E-state index contributed by atoms with van der Waals surface area (Å²) >= 11 is 3.52. The fourth-order valence-electron chi connectivity index (χ4n) is 2.76. The number of benzene rings is 2. The lowest BCUT2D eigenvalue weighted by molar-refractivity contribution is -0.159. The Labute approximate surface area is 165 Å². The number of fused-ring (bicyclic) bond motifs is 1. The summed E-state index contributed by atoms with van der Waals surface area (Å²) in [6.07, 6.45) is -4.66. The van der Waals surface area contributed by atoms with Gasteiger partial charge in [-0.05, 0) is 36.6 Å². The predicted octanol–water partition coefficient (Wildman–Crippen LogP) is 4.93. The number of halogens is 4. The highest BCUT2D eigenvalue weighted by molar-refractivity contribution is 9.10. The molecule has 2 aromatic carbocycles. The fraction of sp³-hybridized carbons (Fsp3) is 0.222. The van der Waals surface area contributed by atoms with Gasteiger partial charge in [-0.1, -0.05) is 45.4 Å². The van der Waals surface area contributed by atoms with E-state index in [2.05, 4.69) is 40.8 Å². The van der Waals surface area contributed by atoms with Gasteiger partial charge in [-0.2, -0.15) is 33.1 Å². The van der Waals surface area contributed by atoms with Crippen LogP contribution < -0.4 is 0 Å². The van der Waals surface area contributed by atoms with Crippen molar-refractivity contribution < 1.29 is 17.7 Å². The summed E-state index contributed by atoms with van der Waals surface area (Å²) in [5.74, 6) is -1.48. The van der Waals surface area contributed by atoms with Crippen LogP contribution in [0.15, 0.2) is 39.3 Å². The number of aryl methyl sites for hydroxylation is 1. The first-order valence-corrected chi connectivity index (χ1v) is 9.02. The highest BCUT2D eigenvalue weighted by Gasteiger charge is 2.38. The minimum absolute atomic E-state index is 0.113. The van der Waals surface area contributed by atoms with Crippen molar-refractivity contribution in [3.05, 3.63) is 57.4 Å². The van der Waals surface area contributed by atoms with Gasteiger partial charge in [0, 0.05) is 10.0 Å². The molecule has 0 amide bonds. The van der Waals surface area contributed by atoms with E-state index in [1.807, 2.05) is 19.9 Å². The molecule has 0 unspecified atom stereocenters. The molecular formula is C18H13BrF3N5O. The minimum Gasteiger partial charge on any atom is -0.329 e. The lowest BCUT2D eigenvalue weighted by Crippen LogP contribution is -2.05. The van der Waals surface area contributed by atoms with Gasteiger partial charge in [-0.3, -0.25) is 0 Å². The number of rotatable bonds is 3. The Kier molecular flexibility index (Phi) is 4.45. The van der Waals surface area contributed by atoms with Crippen LogP contribution in [0, 0.1) is 13.8 Å². The summed E-state index contributed by atoms with van der Waals surface area (Å²) in [6.45, 7) is 4.43. The zero-order chi connectivity index (χ0) is 20.1. The molecule has 0 N–H and O–H groups in total. The second kappa shape index (κ2) is 6.69. The molecule has 0 aliphatic heterocycles. The minimum atomic E-state index is -4.66. The number of nitrogens with zero attached hydrogens (tertiary/aromatic N) is 5. The van der Waals surface area contributed by atoms with Gasteiger partial charge in [0.15, 0.2) is 0 Å². The third-order valence-electron chi connectivity index (χ3n) is 4.43. The maximum atomic E-state index is 12.6. The second-order valence-electron chi connectivity index (χ2n) is 6.32. The van der Waals surface area contributed by atoms with Crippen LogP contribution in [0.5, 0.6) is 0 Å². The van der Waals surface area contributed by atoms with Crippen LogP contribution in [0.4, 0.5) is 13.2 Å². The molecule has 4 rings (SSSR count). The molecule has 4 aromatic rings. The fourth-order valence-corrected chi connectivity index (χ4v) is 3.27. The molecule has 6 nitrogen and oxygen atoms in total. The summed E-state index contributed by atoms with van der Waals surface area (Å²) in [7, 11) is 0. The highest BCUT2D eigenvalue weighted by atomic mass is 79.9. The molecule has 2 heterocycles. The van der Waals surface area contributed by atoms with Crippen molar-refractivity contribution in [3.63, 3.8) is 0 Å². The summed E-state index contributed by atoms with van der Waals surface area (Å²) in [6, 6.07) is 8.73. The van der Waals surface area contributed by atoms with E-state index in [4.69, 9.17) is 0 Å². The molecule has 0 bridgehead atoms. The third kappa shape index (κ3) is 3.39. The summed E-state index contributed by atoms with van der Waals surface area (Å²) in [5.41, 5.74) is 5.11. The lowest BCUT2D eigenvalue weighted by Gasteiger charge is -2.02. The van der Waals surface area contributed by atoms with Gasteiger partial charge in [0.25, 0.3) is 0 Å². The maximum Gasteiger partial charge on any atom is 0.471 e. The molecule has 0 fully saturated rings. The predicted molar refractivity (Wildman–Crippen MR) is 98.5 cm³/mol. The molecule has 0 radical (unpaired) electrons. The van der Waals surface area contributed by atoms with Crippen molar-refractivity contribution in [1.29, 1.82) is 0 Å². The molecule has 0 saturated heterocycles. The number of alkyl halides is 3. The summed E-state index contributed by atoms with van der Waals surface area (Å²) < 4.78 is 43.0. The average Bonchev–Trinajstić information content (AvgIpc) is 3.28. The Bertz CT molecular complexity index is 1160. The highest BCUT2D eigenvalue weighted by Crippen LogP contribution is 2.29. The van der Waals surface area contributed by atoms with E-state index >= 15 is 0 Å². The molecule has 0 aliphatic carbocycles. The Hall–Kier alpha value is -2.75. The molecule has 28 heavy (non-hydrogen) atoms. The second-order valence-corrected chi connectivity index (χ2v) is 7.18. The SMILES string of the molecule is Cc1c(Br)cc2nn(Cc3ccc(-c4noc(C(F)(F)F)n4)cc3)nc2c1C. The van der Waals surface area contributed by atoms with E-state index in [0.717, 1.165) is 32.2 Å². The largest absolute Gasteiger partial charge is 0.471 e. The number of aromatic nitrogens is 5. The number of hydrogen-bond donors (Lipinski definition) is 0. The molecule has 10 heteroatoms. The zero-order valence-electron chi connectivity index (χ0n) is 14.8. The van der Waals surface area contributed by atoms with Crippen LogP contribution in [-0.4, -0.2) is 25.1 Å². The molecule has 0 atom stereocenters. The first-order chi connectivity index (χ1) is 13.2. The van der Waals surface area contributed by atoms with Crippen molar-refractivity contribution in [2.24, 2.45) is 0 Å². The van der Waals surface area contributed by atoms with Crippen LogP contribution in [-0.2, 0) is 12.7 Å². The van der Waals surface area contributed by atoms with Gasteiger partial charge in [0.05, 0.1) is 6.54 Å². The Balaban J connectivity index is 1.57. The van der Waals surface area contributed by atoms with Gasteiger partial charge >= 0.3 is 12.1 Å². The summed E-state index contributed by atoms with van der Waals surface area (Å²) in [4.78, 5) is 4.98. The van der Waals surface area contributed by atoms with E-state index in [1.165, 1.54) is 0 Å². The van der Waals surface area contributed by atoms with Crippen LogP contribution in [0.3, 0.4) is 0 Å². The standard InChI is InChI=1S/C18H13BrF3N5O/c1-9-10(2)15-14(7-13(9)19)24-27(25-15)8-11-3-5-12(6-4-11)16-23-17(28-26-16)18(20,21)22/h3-7H,8H2,1-2H3. The van der Waals surface area contributed by atoms with E-state index < -0.39 is 12.1 Å². The van der Waals surface area contributed by atoms with Crippen molar-refractivity contribution in [2.45, 2.75) is 26.6 Å². The Morgan fingerprint density at radius 3 is 2.43 bits per heavy atom. The van der Waals surface area contributed by atoms with Crippen molar-refractivity contribution >= 4 is 27.0 Å². The van der Waals surface area contributed by atoms with Crippen LogP contribution in [0.1, 0.15) is 22.6 Å². The number of hydrogen-bond acceptors (Lipinski definition) is 5. The molecule has 2 aromatic heterocycles. The molecular weight excluding hydrogens is 439 g/mol. The van der Waals surface area contributed by atoms with Crippen LogP contribution >= 0.6 is 15.9 Å². The van der Waals surface area contributed by atoms with Crippen LogP contribution in [0.25, 0.3) is 22.4 Å². The topological polar surface area (TPSA) is 69.6 Å². The van der Waals surface area contributed by atoms with Gasteiger partial charge < -0.3 is 4.52 Å². The maximum absolute atomic E-state index is 12.6. The van der Waals surface area contributed by atoms with E-state index in [9.17, 15) is 13.2 Å². The van der Waals surface area contributed by atoms with Crippen LogP contribution in [0.2, 0.25) is 0 Å².